The van der Waals surface area contributed by atoms with Gasteiger partial charge in [-0.15, -0.1) is 11.3 Å². The van der Waals surface area contributed by atoms with Gasteiger partial charge in [0, 0.05) is 12.2 Å². The molecule has 1 aliphatic rings. The third kappa shape index (κ3) is 2.32. The summed E-state index contributed by atoms with van der Waals surface area (Å²) in [4.78, 5) is 26.8. The lowest BCUT2D eigenvalue weighted by Crippen LogP contribution is -2.35. The number of amides is 2. The Morgan fingerprint density at radius 2 is 2.05 bits per heavy atom. The van der Waals surface area contributed by atoms with Gasteiger partial charge in [0.05, 0.1) is 4.88 Å². The molecule has 2 amide bonds. The zero-order valence-corrected chi connectivity index (χ0v) is 11.9. The lowest BCUT2D eigenvalue weighted by atomic mass is 10.1. The number of aryl methyl sites for hydroxylation is 1. The summed E-state index contributed by atoms with van der Waals surface area (Å²) < 4.78 is 0. The Kier molecular flexibility index (Phi) is 3.28. The average Bonchev–Trinajstić information content (AvgIpc) is 2.77. The third-order valence-electron chi connectivity index (χ3n) is 3.33. The van der Waals surface area contributed by atoms with Crippen molar-refractivity contribution in [3.8, 4) is 0 Å². The first-order chi connectivity index (χ1) is 9.65. The Hall–Kier alpha value is -2.14. The molecule has 20 heavy (non-hydrogen) atoms. The van der Waals surface area contributed by atoms with Crippen molar-refractivity contribution in [1.82, 2.24) is 4.90 Å². The molecule has 0 spiro atoms. The highest BCUT2D eigenvalue weighted by atomic mass is 32.1. The maximum absolute atomic E-state index is 12.5. The van der Waals surface area contributed by atoms with Crippen molar-refractivity contribution in [2.75, 3.05) is 11.9 Å². The fourth-order valence-corrected chi connectivity index (χ4v) is 3.18. The molecule has 102 valence electrons. The maximum Gasteiger partial charge on any atom is 0.264 e. The SMILES string of the molecule is Cc1ccsc1C(=O)N1CC(=O)Nc2ccccc2C1. The Balaban J connectivity index is 1.93. The van der Waals surface area contributed by atoms with E-state index in [2.05, 4.69) is 5.32 Å². The average molecular weight is 286 g/mol. The molecule has 0 fully saturated rings. The predicted octanol–water partition coefficient (Wildman–Crippen LogP) is 2.65. The summed E-state index contributed by atoms with van der Waals surface area (Å²) in [7, 11) is 0. The predicted molar refractivity (Wildman–Crippen MR) is 78.9 cm³/mol. The van der Waals surface area contributed by atoms with Gasteiger partial charge in [0.25, 0.3) is 5.91 Å². The van der Waals surface area contributed by atoms with Crippen LogP contribution in [0.25, 0.3) is 0 Å². The molecule has 3 rings (SSSR count). The van der Waals surface area contributed by atoms with Crippen LogP contribution in [0, 0.1) is 6.92 Å². The number of carbonyl (C=O) groups is 2. The molecular formula is C15H14N2O2S. The molecule has 1 aromatic carbocycles. The van der Waals surface area contributed by atoms with Crippen LogP contribution in [0.2, 0.25) is 0 Å². The van der Waals surface area contributed by atoms with E-state index in [1.807, 2.05) is 42.6 Å². The first kappa shape index (κ1) is 12.9. The smallest absolute Gasteiger partial charge is 0.264 e. The van der Waals surface area contributed by atoms with Gasteiger partial charge in [-0.1, -0.05) is 18.2 Å². The van der Waals surface area contributed by atoms with E-state index in [1.165, 1.54) is 11.3 Å². The Labute approximate surface area is 121 Å². The second-order valence-corrected chi connectivity index (χ2v) is 5.72. The Morgan fingerprint density at radius 1 is 1.25 bits per heavy atom. The van der Waals surface area contributed by atoms with Crippen molar-refractivity contribution in [1.29, 1.82) is 0 Å². The molecule has 4 nitrogen and oxygen atoms in total. The minimum absolute atomic E-state index is 0.0793. The Morgan fingerprint density at radius 3 is 2.80 bits per heavy atom. The first-order valence-electron chi connectivity index (χ1n) is 6.36. The van der Waals surface area contributed by atoms with Crippen LogP contribution in [0.4, 0.5) is 5.69 Å². The van der Waals surface area contributed by atoms with Gasteiger partial charge in [0.15, 0.2) is 0 Å². The van der Waals surface area contributed by atoms with Crippen molar-refractivity contribution in [2.45, 2.75) is 13.5 Å². The zero-order valence-electron chi connectivity index (χ0n) is 11.1. The number of nitrogens with one attached hydrogen (secondary N) is 1. The molecule has 2 heterocycles. The van der Waals surface area contributed by atoms with Gasteiger partial charge >= 0.3 is 0 Å². The summed E-state index contributed by atoms with van der Waals surface area (Å²) in [5.41, 5.74) is 2.70. The van der Waals surface area contributed by atoms with Crippen LogP contribution in [0.15, 0.2) is 35.7 Å². The van der Waals surface area contributed by atoms with Crippen molar-refractivity contribution >= 4 is 28.8 Å². The van der Waals surface area contributed by atoms with Crippen LogP contribution >= 0.6 is 11.3 Å². The second-order valence-electron chi connectivity index (χ2n) is 4.80. The maximum atomic E-state index is 12.5. The fourth-order valence-electron chi connectivity index (χ4n) is 2.28. The van der Waals surface area contributed by atoms with Crippen LogP contribution in [0.1, 0.15) is 20.8 Å². The number of anilines is 1. The van der Waals surface area contributed by atoms with Gasteiger partial charge in [-0.3, -0.25) is 9.59 Å². The van der Waals surface area contributed by atoms with Gasteiger partial charge in [-0.25, -0.2) is 0 Å². The summed E-state index contributed by atoms with van der Waals surface area (Å²) in [6.45, 7) is 2.45. The van der Waals surface area contributed by atoms with Crippen LogP contribution < -0.4 is 5.32 Å². The van der Waals surface area contributed by atoms with Crippen molar-refractivity contribution in [2.24, 2.45) is 0 Å². The molecule has 0 radical (unpaired) electrons. The van der Waals surface area contributed by atoms with E-state index >= 15 is 0 Å². The molecule has 1 aliphatic heterocycles. The van der Waals surface area contributed by atoms with E-state index in [9.17, 15) is 9.59 Å². The van der Waals surface area contributed by atoms with Crippen LogP contribution in [-0.2, 0) is 11.3 Å². The fraction of sp³-hybridized carbons (Fsp3) is 0.200. The van der Waals surface area contributed by atoms with Crippen molar-refractivity contribution < 1.29 is 9.59 Å². The van der Waals surface area contributed by atoms with Gasteiger partial charge in [0.2, 0.25) is 5.91 Å². The number of hydrogen-bond donors (Lipinski definition) is 1. The lowest BCUT2D eigenvalue weighted by Gasteiger charge is -2.19. The normalized spacial score (nSPS) is 14.4. The monoisotopic (exact) mass is 286 g/mol. The number of nitrogens with zero attached hydrogens (tertiary/aromatic N) is 1. The quantitative estimate of drug-likeness (QED) is 0.876. The van der Waals surface area contributed by atoms with E-state index < -0.39 is 0 Å². The molecular weight excluding hydrogens is 272 g/mol. The summed E-state index contributed by atoms with van der Waals surface area (Å²) in [6, 6.07) is 9.50. The number of para-hydroxylation sites is 1. The third-order valence-corrected chi connectivity index (χ3v) is 4.34. The van der Waals surface area contributed by atoms with Crippen molar-refractivity contribution in [3.05, 3.63) is 51.7 Å². The molecule has 0 aliphatic carbocycles. The van der Waals surface area contributed by atoms with Gasteiger partial charge in [-0.05, 0) is 35.6 Å². The lowest BCUT2D eigenvalue weighted by molar-refractivity contribution is -0.116. The molecule has 0 saturated carbocycles. The van der Waals surface area contributed by atoms with Crippen LogP contribution in [0.3, 0.4) is 0 Å². The number of hydrogen-bond acceptors (Lipinski definition) is 3. The molecule has 5 heteroatoms. The largest absolute Gasteiger partial charge is 0.324 e. The topological polar surface area (TPSA) is 49.4 Å². The molecule has 0 bridgehead atoms. The van der Waals surface area contributed by atoms with E-state index in [4.69, 9.17) is 0 Å². The standard InChI is InChI=1S/C15H14N2O2S/c1-10-6-7-20-14(10)15(19)17-8-11-4-2-3-5-12(11)16-13(18)9-17/h2-7H,8-9H2,1H3,(H,16,18). The minimum Gasteiger partial charge on any atom is -0.324 e. The van der Waals surface area contributed by atoms with E-state index in [-0.39, 0.29) is 18.4 Å². The number of benzene rings is 1. The first-order valence-corrected chi connectivity index (χ1v) is 7.24. The zero-order chi connectivity index (χ0) is 14.1. The summed E-state index contributed by atoms with van der Waals surface area (Å²) in [5.74, 6) is -0.234. The molecule has 2 aromatic rings. The number of rotatable bonds is 1. The number of thiophene rings is 1. The van der Waals surface area contributed by atoms with Crippen molar-refractivity contribution in [3.63, 3.8) is 0 Å². The number of carbonyl (C=O) groups excluding carboxylic acids is 2. The van der Waals surface area contributed by atoms with Crippen LogP contribution in [-0.4, -0.2) is 23.3 Å². The van der Waals surface area contributed by atoms with Crippen LogP contribution in [0.5, 0.6) is 0 Å². The van der Waals surface area contributed by atoms with E-state index in [0.29, 0.717) is 11.4 Å². The van der Waals surface area contributed by atoms with Gasteiger partial charge in [0.1, 0.15) is 6.54 Å². The van der Waals surface area contributed by atoms with Gasteiger partial charge < -0.3 is 10.2 Å². The summed E-state index contributed by atoms with van der Waals surface area (Å²) >= 11 is 1.42. The Bertz CT molecular complexity index is 678. The molecule has 0 unspecified atom stereocenters. The van der Waals surface area contributed by atoms with E-state index in [1.54, 1.807) is 4.90 Å². The minimum atomic E-state index is -0.155. The molecule has 0 atom stereocenters. The second kappa shape index (κ2) is 5.09. The highest BCUT2D eigenvalue weighted by Crippen LogP contribution is 2.24. The molecule has 1 N–H and O–H groups in total. The van der Waals surface area contributed by atoms with Gasteiger partial charge in [-0.2, -0.15) is 0 Å². The highest BCUT2D eigenvalue weighted by molar-refractivity contribution is 7.12. The highest BCUT2D eigenvalue weighted by Gasteiger charge is 2.25. The number of fused-ring (bicyclic) bond motifs is 1. The molecule has 1 aromatic heterocycles. The summed E-state index contributed by atoms with van der Waals surface area (Å²) in [5, 5.41) is 4.73. The summed E-state index contributed by atoms with van der Waals surface area (Å²) in [6.07, 6.45) is 0. The molecule has 0 saturated heterocycles. The van der Waals surface area contributed by atoms with E-state index in [0.717, 1.165) is 16.8 Å².